The van der Waals surface area contributed by atoms with Crippen molar-refractivity contribution in [2.75, 3.05) is 36.0 Å². The Bertz CT molecular complexity index is 690. The highest BCUT2D eigenvalue weighted by Crippen LogP contribution is 2.29. The molecule has 6 heteroatoms. The second-order valence-electron chi connectivity index (χ2n) is 5.55. The minimum atomic E-state index is -0.335. The van der Waals surface area contributed by atoms with Crippen molar-refractivity contribution in [3.63, 3.8) is 0 Å². The summed E-state index contributed by atoms with van der Waals surface area (Å²) in [5.74, 6) is -0.245. The van der Waals surface area contributed by atoms with E-state index in [4.69, 9.17) is 0 Å². The predicted octanol–water partition coefficient (Wildman–Crippen LogP) is 3.45. The summed E-state index contributed by atoms with van der Waals surface area (Å²) in [6.07, 6.45) is 0.892. The summed E-state index contributed by atoms with van der Waals surface area (Å²) in [5, 5.41) is 11.2. The molecule has 3 rings (SSSR count). The molecule has 1 heterocycles. The molecular formula is C17H18FN3O2. The van der Waals surface area contributed by atoms with E-state index < -0.39 is 0 Å². The van der Waals surface area contributed by atoms with Crippen molar-refractivity contribution in [1.82, 2.24) is 0 Å². The van der Waals surface area contributed by atoms with Crippen LogP contribution in [-0.2, 0) is 0 Å². The van der Waals surface area contributed by atoms with Gasteiger partial charge >= 0.3 is 0 Å². The van der Waals surface area contributed by atoms with Crippen LogP contribution in [0.1, 0.15) is 6.42 Å². The number of nitro benzene ring substituents is 1. The smallest absolute Gasteiger partial charge is 0.292 e. The predicted molar refractivity (Wildman–Crippen MR) is 88.5 cm³/mol. The second-order valence-corrected chi connectivity index (χ2v) is 5.55. The summed E-state index contributed by atoms with van der Waals surface area (Å²) in [4.78, 5) is 15.1. The fraction of sp³-hybridized carbons (Fsp3) is 0.294. The Hall–Kier alpha value is -2.63. The van der Waals surface area contributed by atoms with Crippen LogP contribution in [0.2, 0.25) is 0 Å². The molecule has 1 saturated heterocycles. The second kappa shape index (κ2) is 6.64. The van der Waals surface area contributed by atoms with E-state index in [-0.39, 0.29) is 16.4 Å². The summed E-state index contributed by atoms with van der Waals surface area (Å²) >= 11 is 0. The molecule has 120 valence electrons. The molecule has 0 saturated carbocycles. The van der Waals surface area contributed by atoms with Gasteiger partial charge in [0, 0.05) is 37.9 Å². The zero-order chi connectivity index (χ0) is 16.2. The van der Waals surface area contributed by atoms with Crippen molar-refractivity contribution < 1.29 is 9.31 Å². The fourth-order valence-electron chi connectivity index (χ4n) is 2.95. The quantitative estimate of drug-likeness (QED) is 0.643. The maximum atomic E-state index is 13.0. The average molecular weight is 315 g/mol. The molecule has 1 aliphatic heterocycles. The topological polar surface area (TPSA) is 49.6 Å². The summed E-state index contributed by atoms with van der Waals surface area (Å²) in [5.41, 5.74) is 1.79. The molecule has 0 N–H and O–H groups in total. The highest BCUT2D eigenvalue weighted by atomic mass is 19.1. The lowest BCUT2D eigenvalue weighted by Gasteiger charge is -2.24. The fourth-order valence-corrected chi connectivity index (χ4v) is 2.95. The van der Waals surface area contributed by atoms with Gasteiger partial charge in [-0.1, -0.05) is 12.1 Å². The van der Waals surface area contributed by atoms with E-state index >= 15 is 0 Å². The minimum absolute atomic E-state index is 0.141. The maximum Gasteiger partial charge on any atom is 0.292 e. The molecule has 0 bridgehead atoms. The molecule has 5 nitrogen and oxygen atoms in total. The normalized spacial score (nSPS) is 15.3. The van der Waals surface area contributed by atoms with Crippen molar-refractivity contribution in [1.29, 1.82) is 0 Å². The van der Waals surface area contributed by atoms with Gasteiger partial charge in [0.15, 0.2) is 0 Å². The zero-order valence-electron chi connectivity index (χ0n) is 12.7. The van der Waals surface area contributed by atoms with Gasteiger partial charge in [0.25, 0.3) is 5.69 Å². The van der Waals surface area contributed by atoms with E-state index in [0.29, 0.717) is 12.2 Å². The van der Waals surface area contributed by atoms with Gasteiger partial charge in [0.1, 0.15) is 11.5 Å². The van der Waals surface area contributed by atoms with Gasteiger partial charge in [-0.2, -0.15) is 0 Å². The Labute approximate surface area is 134 Å². The lowest BCUT2D eigenvalue weighted by Crippen LogP contribution is -2.31. The van der Waals surface area contributed by atoms with Gasteiger partial charge in [-0.25, -0.2) is 4.39 Å². The first-order valence-corrected chi connectivity index (χ1v) is 7.64. The van der Waals surface area contributed by atoms with Gasteiger partial charge in [-0.3, -0.25) is 10.1 Å². The molecule has 0 spiro atoms. The number of benzene rings is 2. The molecule has 1 aliphatic rings. The number of para-hydroxylation sites is 2. The summed E-state index contributed by atoms with van der Waals surface area (Å²) in [6.45, 7) is 3.06. The van der Waals surface area contributed by atoms with Crippen LogP contribution in [0.5, 0.6) is 0 Å². The van der Waals surface area contributed by atoms with Crippen molar-refractivity contribution in [2.45, 2.75) is 6.42 Å². The summed E-state index contributed by atoms with van der Waals surface area (Å²) < 4.78 is 13.0. The standard InChI is InChI=1S/C17H18FN3O2/c18-14-6-8-15(9-7-14)19-10-3-11-20(13-12-19)16-4-1-2-5-17(16)21(22)23/h1-2,4-9H,3,10-13H2. The third-order valence-electron chi connectivity index (χ3n) is 4.11. The van der Waals surface area contributed by atoms with E-state index in [1.807, 2.05) is 6.07 Å². The minimum Gasteiger partial charge on any atom is -0.370 e. The van der Waals surface area contributed by atoms with Gasteiger partial charge in [-0.15, -0.1) is 0 Å². The Morgan fingerprint density at radius 1 is 0.913 bits per heavy atom. The largest absolute Gasteiger partial charge is 0.370 e. The number of hydrogen-bond donors (Lipinski definition) is 0. The highest BCUT2D eigenvalue weighted by Gasteiger charge is 2.21. The molecule has 0 amide bonds. The lowest BCUT2D eigenvalue weighted by atomic mass is 10.2. The van der Waals surface area contributed by atoms with E-state index in [0.717, 1.165) is 31.7 Å². The molecule has 23 heavy (non-hydrogen) atoms. The molecular weight excluding hydrogens is 297 g/mol. The van der Waals surface area contributed by atoms with Gasteiger partial charge in [-0.05, 0) is 36.8 Å². The molecule has 0 aliphatic carbocycles. The number of halogens is 1. The van der Waals surface area contributed by atoms with Crippen LogP contribution in [0.25, 0.3) is 0 Å². The number of hydrogen-bond acceptors (Lipinski definition) is 4. The molecule has 2 aromatic rings. The van der Waals surface area contributed by atoms with Crippen LogP contribution < -0.4 is 9.80 Å². The SMILES string of the molecule is O=[N+]([O-])c1ccccc1N1CCCN(c2ccc(F)cc2)CC1. The summed E-state index contributed by atoms with van der Waals surface area (Å²) in [7, 11) is 0. The first-order chi connectivity index (χ1) is 11.1. The molecule has 2 aromatic carbocycles. The third kappa shape index (κ3) is 3.41. The number of anilines is 2. The van der Waals surface area contributed by atoms with Crippen molar-refractivity contribution >= 4 is 17.1 Å². The van der Waals surface area contributed by atoms with Crippen molar-refractivity contribution in [2.24, 2.45) is 0 Å². The highest BCUT2D eigenvalue weighted by molar-refractivity contribution is 5.63. The molecule has 0 radical (unpaired) electrons. The Kier molecular flexibility index (Phi) is 4.41. The molecule has 0 aromatic heterocycles. The Balaban J connectivity index is 1.76. The third-order valence-corrected chi connectivity index (χ3v) is 4.11. The first kappa shape index (κ1) is 15.3. The van der Waals surface area contributed by atoms with E-state index in [1.54, 1.807) is 24.3 Å². The summed E-state index contributed by atoms with van der Waals surface area (Å²) in [6, 6.07) is 13.3. The monoisotopic (exact) mass is 315 g/mol. The van der Waals surface area contributed by atoms with Crippen molar-refractivity contribution in [3.8, 4) is 0 Å². The molecule has 0 unspecified atom stereocenters. The molecule has 1 fully saturated rings. The van der Waals surface area contributed by atoms with Gasteiger partial charge < -0.3 is 9.80 Å². The van der Waals surface area contributed by atoms with Crippen LogP contribution in [0.15, 0.2) is 48.5 Å². The van der Waals surface area contributed by atoms with Crippen LogP contribution in [0.3, 0.4) is 0 Å². The average Bonchev–Trinajstić information content (AvgIpc) is 2.81. The van der Waals surface area contributed by atoms with Crippen LogP contribution in [0, 0.1) is 15.9 Å². The van der Waals surface area contributed by atoms with E-state index in [1.165, 1.54) is 18.2 Å². The van der Waals surface area contributed by atoms with Crippen LogP contribution in [-0.4, -0.2) is 31.1 Å². The lowest BCUT2D eigenvalue weighted by molar-refractivity contribution is -0.384. The Morgan fingerprint density at radius 3 is 2.30 bits per heavy atom. The van der Waals surface area contributed by atoms with Gasteiger partial charge in [0.05, 0.1) is 4.92 Å². The van der Waals surface area contributed by atoms with Crippen LogP contribution in [0.4, 0.5) is 21.5 Å². The van der Waals surface area contributed by atoms with Gasteiger partial charge in [0.2, 0.25) is 0 Å². The Morgan fingerprint density at radius 2 is 1.57 bits per heavy atom. The van der Waals surface area contributed by atoms with E-state index in [2.05, 4.69) is 9.80 Å². The number of nitrogens with zero attached hydrogens (tertiary/aromatic N) is 3. The number of rotatable bonds is 3. The molecule has 0 atom stereocenters. The first-order valence-electron chi connectivity index (χ1n) is 7.64. The van der Waals surface area contributed by atoms with E-state index in [9.17, 15) is 14.5 Å². The zero-order valence-corrected chi connectivity index (χ0v) is 12.7. The van der Waals surface area contributed by atoms with Crippen LogP contribution >= 0.6 is 0 Å². The maximum absolute atomic E-state index is 13.0. The number of nitro groups is 1. The van der Waals surface area contributed by atoms with Crippen molar-refractivity contribution in [3.05, 3.63) is 64.5 Å².